The SMILES string of the molecule is C=C[C@H](C)[C@@H]1OC(=O)[C@H](OC)[C@@H](O[Si](C(C)C)(C(C)C)C(C)C)[C@@H]1C. The van der Waals surface area contributed by atoms with E-state index in [0.717, 1.165) is 0 Å². The van der Waals surface area contributed by atoms with Crippen molar-refractivity contribution in [2.45, 2.75) is 90.3 Å². The summed E-state index contributed by atoms with van der Waals surface area (Å²) in [5.41, 5.74) is 1.35. The van der Waals surface area contributed by atoms with Gasteiger partial charge in [-0.2, -0.15) is 0 Å². The molecule has 1 aliphatic rings. The summed E-state index contributed by atoms with van der Waals surface area (Å²) in [5, 5.41) is 0. The molecule has 0 saturated carbocycles. The molecule has 1 rings (SSSR count). The molecule has 0 bridgehead atoms. The van der Waals surface area contributed by atoms with Crippen molar-refractivity contribution in [1.82, 2.24) is 0 Å². The molecule has 0 radical (unpaired) electrons. The molecular weight excluding hydrogens is 332 g/mol. The fourth-order valence-electron chi connectivity index (χ4n) is 4.67. The van der Waals surface area contributed by atoms with Gasteiger partial charge in [-0.25, -0.2) is 4.79 Å². The summed E-state index contributed by atoms with van der Waals surface area (Å²) in [5.74, 6) is -0.182. The highest BCUT2D eigenvalue weighted by atomic mass is 28.4. The van der Waals surface area contributed by atoms with Gasteiger partial charge in [0.1, 0.15) is 6.10 Å². The van der Waals surface area contributed by atoms with Crippen LogP contribution in [-0.4, -0.2) is 39.7 Å². The topological polar surface area (TPSA) is 44.8 Å². The number of ether oxygens (including phenoxy) is 2. The number of hydrogen-bond donors (Lipinski definition) is 0. The van der Waals surface area contributed by atoms with E-state index < -0.39 is 14.4 Å². The normalized spacial score (nSPS) is 29.2. The van der Waals surface area contributed by atoms with Crippen molar-refractivity contribution in [3.8, 4) is 0 Å². The molecule has 1 saturated heterocycles. The van der Waals surface area contributed by atoms with Crippen LogP contribution >= 0.6 is 0 Å². The van der Waals surface area contributed by atoms with Crippen molar-refractivity contribution in [2.24, 2.45) is 11.8 Å². The lowest BCUT2D eigenvalue weighted by Crippen LogP contribution is -2.60. The van der Waals surface area contributed by atoms with Gasteiger partial charge in [0.15, 0.2) is 6.10 Å². The molecule has 5 heteroatoms. The lowest BCUT2D eigenvalue weighted by Gasteiger charge is -2.49. The Bertz CT molecular complexity index is 439. The highest BCUT2D eigenvalue weighted by Gasteiger charge is 2.53. The van der Waals surface area contributed by atoms with Crippen molar-refractivity contribution in [2.75, 3.05) is 7.11 Å². The van der Waals surface area contributed by atoms with Gasteiger partial charge in [-0.05, 0) is 16.6 Å². The Balaban J connectivity index is 3.31. The first kappa shape index (κ1) is 22.4. The summed E-state index contributed by atoms with van der Waals surface area (Å²) in [6.45, 7) is 21.5. The van der Waals surface area contributed by atoms with Crippen LogP contribution in [0.3, 0.4) is 0 Å². The zero-order valence-corrected chi connectivity index (χ0v) is 18.5. The lowest BCUT2D eigenvalue weighted by atomic mass is 9.84. The molecular formula is C20H38O4Si. The van der Waals surface area contributed by atoms with E-state index in [1.165, 1.54) is 0 Å². The predicted octanol–water partition coefficient (Wildman–Crippen LogP) is 4.95. The predicted molar refractivity (Wildman–Crippen MR) is 105 cm³/mol. The van der Waals surface area contributed by atoms with Crippen molar-refractivity contribution >= 4 is 14.3 Å². The number of rotatable bonds is 8. The molecule has 1 heterocycles. The third-order valence-electron chi connectivity index (χ3n) is 6.01. The molecule has 0 N–H and O–H groups in total. The Kier molecular flexibility index (Phi) is 7.90. The first-order chi connectivity index (χ1) is 11.5. The van der Waals surface area contributed by atoms with Gasteiger partial charge in [-0.3, -0.25) is 0 Å². The van der Waals surface area contributed by atoms with E-state index in [2.05, 4.69) is 55.0 Å². The molecule has 0 aliphatic carbocycles. The van der Waals surface area contributed by atoms with Crippen molar-refractivity contribution in [1.29, 1.82) is 0 Å². The molecule has 25 heavy (non-hydrogen) atoms. The number of hydrogen-bond acceptors (Lipinski definition) is 4. The Hall–Kier alpha value is -0.653. The summed E-state index contributed by atoms with van der Waals surface area (Å²) in [6, 6.07) is 0. The van der Waals surface area contributed by atoms with E-state index in [0.29, 0.717) is 16.6 Å². The monoisotopic (exact) mass is 370 g/mol. The summed E-state index contributed by atoms with van der Waals surface area (Å²) >= 11 is 0. The fourth-order valence-corrected chi connectivity index (χ4v) is 10.3. The first-order valence-corrected chi connectivity index (χ1v) is 11.7. The van der Waals surface area contributed by atoms with Crippen LogP contribution in [-0.2, 0) is 18.7 Å². The average Bonchev–Trinajstić information content (AvgIpc) is 2.53. The number of cyclic esters (lactones) is 1. The molecule has 0 amide bonds. The molecule has 0 unspecified atom stereocenters. The largest absolute Gasteiger partial charge is 0.459 e. The maximum Gasteiger partial charge on any atom is 0.338 e. The Morgan fingerprint density at radius 2 is 1.56 bits per heavy atom. The van der Waals surface area contributed by atoms with Crippen LogP contribution in [0, 0.1) is 11.8 Å². The highest BCUT2D eigenvalue weighted by Crippen LogP contribution is 2.45. The van der Waals surface area contributed by atoms with Crippen LogP contribution in [0.25, 0.3) is 0 Å². The zero-order valence-electron chi connectivity index (χ0n) is 17.5. The first-order valence-electron chi connectivity index (χ1n) is 9.58. The summed E-state index contributed by atoms with van der Waals surface area (Å²) in [7, 11) is -0.568. The van der Waals surface area contributed by atoms with E-state index in [1.807, 2.05) is 13.0 Å². The number of esters is 1. The number of carbonyl (C=O) groups is 1. The van der Waals surface area contributed by atoms with Gasteiger partial charge in [-0.15, -0.1) is 6.58 Å². The number of carbonyl (C=O) groups excluding carboxylic acids is 1. The molecule has 4 nitrogen and oxygen atoms in total. The van der Waals surface area contributed by atoms with Gasteiger partial charge in [-0.1, -0.05) is 61.5 Å². The van der Waals surface area contributed by atoms with Gasteiger partial charge in [0.2, 0.25) is 8.32 Å². The average molecular weight is 371 g/mol. The fraction of sp³-hybridized carbons (Fsp3) is 0.850. The van der Waals surface area contributed by atoms with E-state index in [-0.39, 0.29) is 30.0 Å². The van der Waals surface area contributed by atoms with Crippen molar-refractivity contribution < 1.29 is 18.7 Å². The summed E-state index contributed by atoms with van der Waals surface area (Å²) in [4.78, 5) is 12.6. The zero-order chi connectivity index (χ0) is 19.5. The van der Waals surface area contributed by atoms with Crippen LogP contribution in [0.5, 0.6) is 0 Å². The highest BCUT2D eigenvalue weighted by molar-refractivity contribution is 6.77. The van der Waals surface area contributed by atoms with Crippen LogP contribution < -0.4 is 0 Å². The molecule has 1 aliphatic heterocycles. The maximum atomic E-state index is 12.6. The Morgan fingerprint density at radius 3 is 1.92 bits per heavy atom. The van der Waals surface area contributed by atoms with Gasteiger partial charge < -0.3 is 13.9 Å². The minimum absolute atomic E-state index is 0.0544. The number of methoxy groups -OCH3 is 1. The second-order valence-electron chi connectivity index (χ2n) is 8.41. The van der Waals surface area contributed by atoms with Crippen molar-refractivity contribution in [3.05, 3.63) is 12.7 Å². The molecule has 1 fully saturated rings. The van der Waals surface area contributed by atoms with Gasteiger partial charge >= 0.3 is 5.97 Å². The van der Waals surface area contributed by atoms with Gasteiger partial charge in [0, 0.05) is 18.9 Å². The summed E-state index contributed by atoms with van der Waals surface area (Å²) < 4.78 is 18.2. The van der Waals surface area contributed by atoms with E-state index in [1.54, 1.807) is 7.11 Å². The Morgan fingerprint density at radius 1 is 1.08 bits per heavy atom. The molecule has 5 atom stereocenters. The molecule has 0 aromatic heterocycles. The minimum atomic E-state index is -2.13. The van der Waals surface area contributed by atoms with Crippen LogP contribution in [0.1, 0.15) is 55.4 Å². The van der Waals surface area contributed by atoms with Gasteiger partial charge in [0.25, 0.3) is 0 Å². The molecule has 0 aromatic rings. The smallest absolute Gasteiger partial charge is 0.338 e. The van der Waals surface area contributed by atoms with E-state index >= 15 is 0 Å². The molecule has 0 spiro atoms. The van der Waals surface area contributed by atoms with Gasteiger partial charge in [0.05, 0.1) is 6.10 Å². The van der Waals surface area contributed by atoms with Crippen molar-refractivity contribution in [3.63, 3.8) is 0 Å². The third kappa shape index (κ3) is 4.20. The second kappa shape index (κ2) is 8.83. The molecule has 0 aromatic carbocycles. The summed E-state index contributed by atoms with van der Waals surface area (Å²) in [6.07, 6.45) is 0.680. The maximum absolute atomic E-state index is 12.6. The van der Waals surface area contributed by atoms with E-state index in [4.69, 9.17) is 13.9 Å². The molecule has 146 valence electrons. The Labute approximate surface area is 155 Å². The van der Waals surface area contributed by atoms with Crippen LogP contribution in [0.15, 0.2) is 12.7 Å². The third-order valence-corrected chi connectivity index (χ3v) is 12.1. The quantitative estimate of drug-likeness (QED) is 0.345. The second-order valence-corrected chi connectivity index (χ2v) is 13.8. The minimum Gasteiger partial charge on any atom is -0.459 e. The van der Waals surface area contributed by atoms with E-state index in [9.17, 15) is 4.79 Å². The lowest BCUT2D eigenvalue weighted by molar-refractivity contribution is -0.194. The van der Waals surface area contributed by atoms with Crippen LogP contribution in [0.2, 0.25) is 16.6 Å². The van der Waals surface area contributed by atoms with Crippen LogP contribution in [0.4, 0.5) is 0 Å². The standard InChI is InChI=1S/C20H38O4Si/c1-11-15(8)17-16(9)18(19(22-10)20(21)23-17)24-25(12(2)3,13(4)5)14(6)7/h11-19H,1H2,2-10H3/t15-,16+,17-,18-,19+/m0/s1.